The predicted octanol–water partition coefficient (Wildman–Crippen LogP) is 2.76. The van der Waals surface area contributed by atoms with Gasteiger partial charge in [-0.1, -0.05) is 99.8 Å². The van der Waals surface area contributed by atoms with Crippen molar-refractivity contribution >= 4 is 123 Å². The molecule has 0 radical (unpaired) electrons. The first-order valence-electron chi connectivity index (χ1n) is 30.0. The Balaban J connectivity index is 0.826. The van der Waals surface area contributed by atoms with E-state index in [1.165, 1.54) is 31.4 Å². The number of aliphatic hydroxyl groups excluding tert-OH is 1. The fraction of sp³-hybridized carbons (Fsp3) is 0.492. The van der Waals surface area contributed by atoms with Crippen LogP contribution in [-0.2, 0) is 57.1 Å². The van der Waals surface area contributed by atoms with Gasteiger partial charge in [0.2, 0.25) is 41.4 Å². The number of anilines is 1. The maximum Gasteiger partial charge on any atom is 0.407 e. The number of carbonyl (C=O) groups excluding carboxylic acids is 7. The van der Waals surface area contributed by atoms with Gasteiger partial charge in [0.15, 0.2) is 5.65 Å². The summed E-state index contributed by atoms with van der Waals surface area (Å²) in [5.74, 6) is -2.78. The third-order valence-electron chi connectivity index (χ3n) is 16.0. The Morgan fingerprint density at radius 2 is 1.43 bits per heavy atom. The van der Waals surface area contributed by atoms with E-state index in [-0.39, 0.29) is 125 Å². The molecular formula is C59H74N11O18P3S2. The topological polar surface area (TPSA) is 423 Å². The van der Waals surface area contributed by atoms with E-state index < -0.39 is 122 Å². The third-order valence-corrected chi connectivity index (χ3v) is 19.7. The van der Waals surface area contributed by atoms with Crippen molar-refractivity contribution in [2.45, 2.75) is 132 Å². The van der Waals surface area contributed by atoms with Crippen LogP contribution in [-0.4, -0.2) is 198 Å². The SMILES string of the molecule is Nc1nc2c(c(C#CCNC(=O)CCSSCCC(=O)N3CCCC3C(=O)NC(CCCCNC(=O)OCC3c4ccccc4-c4ccccc43)C(=O)N3CCCC3C(=O)NC(CC(=O)O)C(=O)NC(CC(=O)O)C(=O)O)cn2C2CC(O)C(COP(P)P)O2)c(=O)[nH]1. The molecule has 93 heavy (non-hydrogen) atoms. The van der Waals surface area contributed by atoms with Gasteiger partial charge in [-0.15, -0.1) is 0 Å². The molecule has 10 atom stereocenters. The molecule has 8 rings (SSSR count). The van der Waals surface area contributed by atoms with Gasteiger partial charge in [-0.25, -0.2) is 9.59 Å². The van der Waals surface area contributed by atoms with Gasteiger partial charge in [0.1, 0.15) is 49.1 Å². The number of carboxylic acids is 3. The van der Waals surface area contributed by atoms with Crippen molar-refractivity contribution in [1.82, 2.24) is 50.9 Å². The number of rotatable bonds is 31. The number of carboxylic acid groups (broad SMARTS) is 3. The summed E-state index contributed by atoms with van der Waals surface area (Å²) in [4.78, 5) is 153. The molecule has 3 saturated heterocycles. The van der Waals surface area contributed by atoms with E-state index in [0.29, 0.717) is 29.9 Å². The Morgan fingerprint density at radius 3 is 2.09 bits per heavy atom. The second-order valence-electron chi connectivity index (χ2n) is 22.3. The predicted molar refractivity (Wildman–Crippen MR) is 350 cm³/mol. The number of nitrogen functional groups attached to an aromatic ring is 1. The largest absolute Gasteiger partial charge is 0.481 e. The number of hydrogen-bond donors (Lipinski definition) is 11. The summed E-state index contributed by atoms with van der Waals surface area (Å²) < 4.78 is 19.0. The highest BCUT2D eigenvalue weighted by Crippen LogP contribution is 2.54. The maximum atomic E-state index is 14.6. The summed E-state index contributed by atoms with van der Waals surface area (Å²) in [5, 5.41) is 51.6. The first kappa shape index (κ1) is 71.4. The number of aromatic nitrogens is 3. The Labute approximate surface area is 547 Å². The highest BCUT2D eigenvalue weighted by atomic mass is 33.1. The highest BCUT2D eigenvalue weighted by Gasteiger charge is 2.42. The molecule has 0 saturated carbocycles. The number of likely N-dealkylation sites (tertiary alicyclic amines) is 2. The lowest BCUT2D eigenvalue weighted by molar-refractivity contribution is -0.148. The maximum absolute atomic E-state index is 14.6. The summed E-state index contributed by atoms with van der Waals surface area (Å²) in [6, 6.07) is 8.47. The van der Waals surface area contributed by atoms with Gasteiger partial charge in [0, 0.05) is 62.5 Å². The van der Waals surface area contributed by atoms with Crippen LogP contribution in [0, 0.1) is 11.8 Å². The zero-order valence-electron chi connectivity index (χ0n) is 50.3. The molecule has 5 heterocycles. The first-order chi connectivity index (χ1) is 44.6. The number of hydrogen-bond acceptors (Lipinski definition) is 19. The number of nitrogens with one attached hydrogen (secondary N) is 6. The summed E-state index contributed by atoms with van der Waals surface area (Å²) in [5.41, 5.74) is 10.1. The lowest BCUT2D eigenvalue weighted by Gasteiger charge is -2.31. The molecule has 34 heteroatoms. The number of alkyl carbamates (subject to hydrolysis) is 1. The average molecular weight is 1380 g/mol. The number of benzene rings is 2. The fourth-order valence-corrected chi connectivity index (χ4v) is 14.4. The number of aromatic amines is 1. The van der Waals surface area contributed by atoms with Crippen molar-refractivity contribution in [1.29, 1.82) is 0 Å². The van der Waals surface area contributed by atoms with Crippen molar-refractivity contribution in [2.24, 2.45) is 0 Å². The van der Waals surface area contributed by atoms with Crippen LogP contribution >= 0.6 is 47.0 Å². The number of aliphatic carboxylic acids is 3. The van der Waals surface area contributed by atoms with Crippen molar-refractivity contribution in [3.8, 4) is 23.0 Å². The third kappa shape index (κ3) is 19.4. The molecule has 10 unspecified atom stereocenters. The normalized spacial score (nSPS) is 19.2. The first-order valence-corrected chi connectivity index (χ1v) is 37.0. The molecule has 4 aromatic rings. The van der Waals surface area contributed by atoms with Crippen LogP contribution in [0.4, 0.5) is 10.7 Å². The van der Waals surface area contributed by atoms with Gasteiger partial charge in [-0.05, 0) is 67.2 Å². The molecule has 3 aliphatic heterocycles. The lowest BCUT2D eigenvalue weighted by Crippen LogP contribution is -2.58. The smallest absolute Gasteiger partial charge is 0.407 e. The molecule has 29 nitrogen and oxygen atoms in total. The molecule has 0 bridgehead atoms. The quantitative estimate of drug-likeness (QED) is 0.0149. The summed E-state index contributed by atoms with van der Waals surface area (Å²) in [6.07, 6.45) is -1.22. The van der Waals surface area contributed by atoms with Crippen molar-refractivity contribution < 1.29 is 82.4 Å². The second kappa shape index (κ2) is 34.1. The van der Waals surface area contributed by atoms with Crippen LogP contribution in [0.1, 0.15) is 106 Å². The number of aliphatic hydroxyl groups is 1. The summed E-state index contributed by atoms with van der Waals surface area (Å²) in [7, 11) is 6.96. The van der Waals surface area contributed by atoms with Crippen LogP contribution in [0.15, 0.2) is 59.5 Å². The average Bonchev–Trinajstić information content (AvgIpc) is 1.63. The number of fused-ring (bicyclic) bond motifs is 4. The van der Waals surface area contributed by atoms with Crippen LogP contribution in [0.5, 0.6) is 0 Å². The Morgan fingerprint density at radius 1 is 0.806 bits per heavy atom. The van der Waals surface area contributed by atoms with E-state index in [0.717, 1.165) is 22.3 Å². The van der Waals surface area contributed by atoms with Crippen molar-refractivity contribution in [3.05, 3.63) is 81.8 Å². The standard InChI is InChI=1S/C59H74N11O18P3S2/c60-58-66-51-50(55(81)67-58)32(29-70(51)47-28-43(71)44(88-47)31-87-91(89)90)10-7-21-61-45(72)18-24-92-93-25-19-46(73)68-22-8-16-41(68)53(79)63-38(15-5-6-20-62-59(85)86-30-37-35-13-3-1-11-33(35)34-12-2-4-14-36(34)37)56(82)69-23-9-17-42(69)54(80)64-39(26-48(74)75)52(78)65-40(57(83)84)27-49(76)77/h1-4,11-14,29,37-44,47,71H,5-6,8-9,15-28,30-31,89-90H2,(H,61,72)(H,62,85)(H,63,79)(H,64,80)(H,65,78)(H,74,75)(H,76,77)(H,83,84)(H3,60,66,67,81). The van der Waals surface area contributed by atoms with Gasteiger partial charge < -0.3 is 81.1 Å². The molecule has 7 amide bonds. The van der Waals surface area contributed by atoms with E-state index in [9.17, 15) is 68.1 Å². The van der Waals surface area contributed by atoms with E-state index in [4.69, 9.17) is 24.8 Å². The highest BCUT2D eigenvalue weighted by molar-refractivity contribution is 8.76. The summed E-state index contributed by atoms with van der Waals surface area (Å²) in [6.45, 7) is 0.602. The van der Waals surface area contributed by atoms with E-state index >= 15 is 0 Å². The lowest BCUT2D eigenvalue weighted by atomic mass is 9.98. The van der Waals surface area contributed by atoms with Crippen LogP contribution in [0.3, 0.4) is 0 Å². The molecule has 4 aliphatic rings. The van der Waals surface area contributed by atoms with E-state index in [1.807, 2.05) is 53.8 Å². The minimum Gasteiger partial charge on any atom is -0.481 e. The molecule has 500 valence electrons. The Kier molecular flexibility index (Phi) is 26.2. The van der Waals surface area contributed by atoms with E-state index in [2.05, 4.69) is 60.9 Å². The van der Waals surface area contributed by atoms with Gasteiger partial charge in [0.25, 0.3) is 5.56 Å². The summed E-state index contributed by atoms with van der Waals surface area (Å²) >= 11 is 0. The molecular weight excluding hydrogens is 1310 g/mol. The fourth-order valence-electron chi connectivity index (χ4n) is 11.6. The number of H-pyrrole nitrogens is 1. The van der Waals surface area contributed by atoms with Gasteiger partial charge in [-0.3, -0.25) is 48.1 Å². The second-order valence-corrected chi connectivity index (χ2v) is 30.8. The van der Waals surface area contributed by atoms with Crippen molar-refractivity contribution in [3.63, 3.8) is 0 Å². The molecule has 2 aromatic heterocycles. The number of carbonyl (C=O) groups is 10. The van der Waals surface area contributed by atoms with Crippen LogP contribution in [0.25, 0.3) is 22.2 Å². The Hall–Kier alpha value is -7.41. The van der Waals surface area contributed by atoms with Gasteiger partial charge in [0.05, 0.1) is 50.6 Å². The van der Waals surface area contributed by atoms with Crippen molar-refractivity contribution in [2.75, 3.05) is 56.6 Å². The number of nitrogens with zero attached hydrogens (tertiary/aromatic N) is 4. The number of unbranched alkanes of at least 4 members (excludes halogenated alkanes) is 1. The minimum absolute atomic E-state index is 0.00779. The van der Waals surface area contributed by atoms with E-state index in [1.54, 1.807) is 10.8 Å². The number of ether oxygens (including phenoxy) is 2. The zero-order valence-corrected chi connectivity index (χ0v) is 55.2. The minimum atomic E-state index is -1.96. The number of nitrogens with two attached hydrogens (primary N) is 1. The van der Waals surface area contributed by atoms with Crippen LogP contribution in [0.2, 0.25) is 0 Å². The Bertz CT molecular complexity index is 3530. The van der Waals surface area contributed by atoms with Gasteiger partial charge >= 0.3 is 24.0 Å². The number of amides is 7. The monoisotopic (exact) mass is 1380 g/mol. The van der Waals surface area contributed by atoms with Crippen LogP contribution < -0.4 is 37.9 Å². The molecule has 1 aliphatic carbocycles. The molecule has 2 aromatic carbocycles. The molecule has 0 spiro atoms. The molecule has 3 fully saturated rings. The zero-order chi connectivity index (χ0) is 66.9. The van der Waals surface area contributed by atoms with Gasteiger partial charge in [-0.2, -0.15) is 4.98 Å². The molecule has 12 N–H and O–H groups in total.